The number of methoxy groups -OCH3 is 1. The Bertz CT molecular complexity index is 665. The molecule has 4 nitrogen and oxygen atoms in total. The van der Waals surface area contributed by atoms with E-state index in [-0.39, 0.29) is 18.5 Å². The van der Waals surface area contributed by atoms with Gasteiger partial charge in [-0.05, 0) is 32.3 Å². The van der Waals surface area contributed by atoms with E-state index in [1.165, 1.54) is 13.2 Å². The third kappa shape index (κ3) is 2.86. The average Bonchev–Trinajstić information content (AvgIpc) is 3.16. The minimum absolute atomic E-state index is 0.162. The number of esters is 1. The Morgan fingerprint density at radius 3 is 2.80 bits per heavy atom. The Labute approximate surface area is 152 Å². The van der Waals surface area contributed by atoms with Crippen molar-refractivity contribution in [2.45, 2.75) is 68.3 Å². The third-order valence-corrected chi connectivity index (χ3v) is 6.37. The van der Waals surface area contributed by atoms with Gasteiger partial charge in [-0.25, -0.2) is 4.39 Å². The van der Waals surface area contributed by atoms with Gasteiger partial charge in [0.2, 0.25) is 0 Å². The van der Waals surface area contributed by atoms with Crippen LogP contribution in [-0.4, -0.2) is 35.3 Å². The van der Waals surface area contributed by atoms with Crippen LogP contribution in [-0.2, 0) is 25.6 Å². The molecule has 0 spiro atoms. The molecule has 1 aromatic carbocycles. The highest BCUT2D eigenvalue weighted by Gasteiger charge is 2.69. The fraction of sp³-hybridized carbons (Fsp3) is 0.632. The molecule has 0 aliphatic carbocycles. The lowest BCUT2D eigenvalue weighted by atomic mass is 9.73. The standard InChI is InChI=1S/C19H24ClFO4/c1-4-18-9-10-19(25-18,17(2,20)16(22)23-3)11-15(18)24-12-13-7-5-6-8-14(13)21/h5-8,15H,4,9-12H2,1-3H3/t15-,17?,18+,19-/m1/s1. The molecule has 2 heterocycles. The Morgan fingerprint density at radius 2 is 2.16 bits per heavy atom. The molecule has 2 saturated heterocycles. The molecule has 1 aromatic rings. The topological polar surface area (TPSA) is 44.8 Å². The summed E-state index contributed by atoms with van der Waals surface area (Å²) in [6, 6.07) is 6.55. The van der Waals surface area contributed by atoms with Gasteiger partial charge in [-0.15, -0.1) is 11.6 Å². The van der Waals surface area contributed by atoms with Crippen LogP contribution in [0.3, 0.4) is 0 Å². The number of carbonyl (C=O) groups is 1. The van der Waals surface area contributed by atoms with Gasteiger partial charge in [0.15, 0.2) is 4.87 Å². The van der Waals surface area contributed by atoms with E-state index < -0.39 is 22.0 Å². The number of ether oxygens (including phenoxy) is 3. The Kier molecular flexibility index (Phi) is 4.86. The van der Waals surface area contributed by atoms with Gasteiger partial charge < -0.3 is 14.2 Å². The fourth-order valence-electron chi connectivity index (χ4n) is 4.15. The van der Waals surface area contributed by atoms with Gasteiger partial charge in [-0.2, -0.15) is 0 Å². The van der Waals surface area contributed by atoms with Crippen LogP contribution in [0.4, 0.5) is 4.39 Å². The maximum Gasteiger partial charge on any atom is 0.329 e. The summed E-state index contributed by atoms with van der Waals surface area (Å²) in [5, 5.41) is 0. The molecular weight excluding hydrogens is 347 g/mol. The van der Waals surface area contributed by atoms with Crippen molar-refractivity contribution in [3.8, 4) is 0 Å². The highest BCUT2D eigenvalue weighted by Crippen LogP contribution is 2.59. The van der Waals surface area contributed by atoms with Gasteiger partial charge in [0.05, 0.1) is 25.4 Å². The van der Waals surface area contributed by atoms with E-state index in [2.05, 4.69) is 0 Å². The van der Waals surface area contributed by atoms with Crippen molar-refractivity contribution in [2.24, 2.45) is 0 Å². The zero-order chi connectivity index (χ0) is 18.3. The molecule has 2 aliphatic heterocycles. The first kappa shape index (κ1) is 18.6. The quantitative estimate of drug-likeness (QED) is 0.561. The lowest BCUT2D eigenvalue weighted by Crippen LogP contribution is -2.53. The van der Waals surface area contributed by atoms with Gasteiger partial charge in [-0.1, -0.05) is 25.1 Å². The van der Waals surface area contributed by atoms with Crippen LogP contribution in [0, 0.1) is 5.82 Å². The molecule has 2 fully saturated rings. The average molecular weight is 371 g/mol. The van der Waals surface area contributed by atoms with Crippen LogP contribution in [0.2, 0.25) is 0 Å². The van der Waals surface area contributed by atoms with Crippen molar-refractivity contribution in [3.63, 3.8) is 0 Å². The summed E-state index contributed by atoms with van der Waals surface area (Å²) in [5.74, 6) is -0.792. The molecule has 25 heavy (non-hydrogen) atoms. The number of hydrogen-bond acceptors (Lipinski definition) is 4. The SMILES string of the molecule is CC[C@]12CC[C@](C(C)(Cl)C(=O)OC)(C[C@H]1OCc1ccccc1F)O2. The third-order valence-electron chi connectivity index (χ3n) is 5.87. The second-order valence-corrected chi connectivity index (χ2v) is 7.86. The number of rotatable bonds is 6. The monoisotopic (exact) mass is 370 g/mol. The first-order valence-corrected chi connectivity index (χ1v) is 9.00. The molecular formula is C19H24ClFO4. The molecule has 6 heteroatoms. The van der Waals surface area contributed by atoms with Crippen molar-refractivity contribution in [2.75, 3.05) is 7.11 Å². The normalized spacial score (nSPS) is 33.2. The summed E-state index contributed by atoms with van der Waals surface area (Å²) in [7, 11) is 1.32. The largest absolute Gasteiger partial charge is 0.468 e. The summed E-state index contributed by atoms with van der Waals surface area (Å²) in [4.78, 5) is 10.9. The zero-order valence-corrected chi connectivity index (χ0v) is 15.6. The molecule has 138 valence electrons. The molecule has 1 unspecified atom stereocenters. The van der Waals surface area contributed by atoms with Crippen molar-refractivity contribution in [3.05, 3.63) is 35.6 Å². The molecule has 0 N–H and O–H groups in total. The van der Waals surface area contributed by atoms with E-state index in [9.17, 15) is 9.18 Å². The van der Waals surface area contributed by atoms with Crippen LogP contribution in [0.5, 0.6) is 0 Å². The Balaban J connectivity index is 1.80. The number of alkyl halides is 1. The van der Waals surface area contributed by atoms with Crippen molar-refractivity contribution in [1.82, 2.24) is 0 Å². The Morgan fingerprint density at radius 1 is 1.44 bits per heavy atom. The summed E-state index contributed by atoms with van der Waals surface area (Å²) in [6.45, 7) is 3.84. The predicted octanol–water partition coefficient (Wildman–Crippen LogP) is 3.98. The first-order chi connectivity index (χ1) is 11.8. The second-order valence-electron chi connectivity index (χ2n) is 7.10. The van der Waals surface area contributed by atoms with E-state index >= 15 is 0 Å². The summed E-state index contributed by atoms with van der Waals surface area (Å²) >= 11 is 6.59. The van der Waals surface area contributed by atoms with Gasteiger partial charge in [0.1, 0.15) is 11.4 Å². The minimum atomic E-state index is -1.28. The molecule has 2 bridgehead atoms. The number of carbonyl (C=O) groups excluding carboxylic acids is 1. The molecule has 0 amide bonds. The smallest absolute Gasteiger partial charge is 0.329 e. The van der Waals surface area contributed by atoms with Crippen molar-refractivity contribution < 1.29 is 23.4 Å². The molecule has 0 saturated carbocycles. The van der Waals surface area contributed by atoms with E-state index in [1.54, 1.807) is 25.1 Å². The first-order valence-electron chi connectivity index (χ1n) is 8.63. The molecule has 0 aromatic heterocycles. The maximum atomic E-state index is 13.9. The van der Waals surface area contributed by atoms with Crippen LogP contribution >= 0.6 is 11.6 Å². The van der Waals surface area contributed by atoms with Crippen molar-refractivity contribution >= 4 is 17.6 Å². The fourth-order valence-corrected chi connectivity index (χ4v) is 4.44. The van der Waals surface area contributed by atoms with Gasteiger partial charge in [0, 0.05) is 12.0 Å². The highest BCUT2D eigenvalue weighted by molar-refractivity contribution is 6.34. The van der Waals surface area contributed by atoms with E-state index in [1.807, 2.05) is 6.92 Å². The van der Waals surface area contributed by atoms with Gasteiger partial charge in [0.25, 0.3) is 0 Å². The van der Waals surface area contributed by atoms with Crippen LogP contribution in [0.25, 0.3) is 0 Å². The number of fused-ring (bicyclic) bond motifs is 2. The Hall–Kier alpha value is -1.17. The second kappa shape index (κ2) is 6.53. The minimum Gasteiger partial charge on any atom is -0.468 e. The summed E-state index contributed by atoms with van der Waals surface area (Å²) in [6.07, 6.45) is 2.42. The summed E-state index contributed by atoms with van der Waals surface area (Å²) in [5.41, 5.74) is -0.806. The van der Waals surface area contributed by atoms with Gasteiger partial charge >= 0.3 is 5.97 Å². The molecule has 2 aliphatic rings. The molecule has 3 rings (SSSR count). The van der Waals surface area contributed by atoms with Crippen LogP contribution < -0.4 is 0 Å². The molecule has 4 atom stereocenters. The van der Waals surface area contributed by atoms with E-state index in [4.69, 9.17) is 25.8 Å². The number of hydrogen-bond donors (Lipinski definition) is 0. The molecule has 0 radical (unpaired) electrons. The van der Waals surface area contributed by atoms with E-state index in [0.717, 1.165) is 12.8 Å². The highest BCUT2D eigenvalue weighted by atomic mass is 35.5. The number of benzene rings is 1. The predicted molar refractivity (Wildman–Crippen MR) is 91.9 cm³/mol. The zero-order valence-electron chi connectivity index (χ0n) is 14.8. The van der Waals surface area contributed by atoms with Gasteiger partial charge in [-0.3, -0.25) is 4.79 Å². The maximum absolute atomic E-state index is 13.9. The lowest BCUT2D eigenvalue weighted by molar-refractivity contribution is -0.155. The van der Waals surface area contributed by atoms with E-state index in [0.29, 0.717) is 18.4 Å². The van der Waals surface area contributed by atoms with Crippen LogP contribution in [0.1, 0.15) is 45.1 Å². The summed E-state index contributed by atoms with van der Waals surface area (Å²) < 4.78 is 31.1. The number of halogens is 2. The van der Waals surface area contributed by atoms with Crippen LogP contribution in [0.15, 0.2) is 24.3 Å². The lowest BCUT2D eigenvalue weighted by Gasteiger charge is -2.37. The van der Waals surface area contributed by atoms with Crippen molar-refractivity contribution in [1.29, 1.82) is 0 Å².